The molecule has 0 saturated heterocycles. The molecule has 0 spiro atoms. The van der Waals surface area contributed by atoms with Gasteiger partial charge < -0.3 is 0 Å². The van der Waals surface area contributed by atoms with Crippen molar-refractivity contribution >= 4 is 6.08 Å². The molecule has 0 amide bonds. The zero-order valence-corrected chi connectivity index (χ0v) is 1.99. The highest BCUT2D eigenvalue weighted by atomic mass is 16.1. The maximum Gasteiger partial charge on any atom is 0.231 e. The summed E-state index contributed by atoms with van der Waals surface area (Å²) in [6, 6.07) is 0. The third kappa shape index (κ3) is 0.518. The van der Waals surface area contributed by atoms with Gasteiger partial charge in [0, 0.05) is 0 Å². The molecule has 0 atom stereocenters. The van der Waals surface area contributed by atoms with E-state index in [4.69, 9.17) is 10.2 Å². The molecule has 4 heavy (non-hydrogen) atoms. The molecular formula is C2H2NO. The molecule has 21 valence electrons. The molecule has 0 aromatic rings. The Morgan fingerprint density at radius 1 is 1.75 bits per heavy atom. The monoisotopic (exact) mass is 56.0 g/mol. The van der Waals surface area contributed by atoms with Crippen LogP contribution in [0.15, 0.2) is 0 Å². The van der Waals surface area contributed by atoms with Gasteiger partial charge >= 0.3 is 0 Å². The predicted molar refractivity (Wildman–Crippen MR) is 12.7 cm³/mol. The molecule has 0 fully saturated rings. The fourth-order valence-corrected chi connectivity index (χ4v) is 0. The van der Waals surface area contributed by atoms with Gasteiger partial charge in [0.1, 0.15) is 0 Å². The molecule has 0 unspecified atom stereocenters. The van der Waals surface area contributed by atoms with Crippen molar-refractivity contribution in [3.05, 3.63) is 7.43 Å². The molecule has 0 aliphatic carbocycles. The van der Waals surface area contributed by atoms with E-state index in [1.54, 1.807) is 0 Å². The molecule has 0 bridgehead atoms. The number of hydrogen-bond donors (Lipinski definition) is 1. The van der Waals surface area contributed by atoms with Crippen molar-refractivity contribution in [2.45, 2.75) is 0 Å². The quantitative estimate of drug-likeness (QED) is 0.310. The van der Waals surface area contributed by atoms with E-state index in [-0.39, 0.29) is 7.43 Å². The largest absolute Gasteiger partial charge is 0.231 e. The van der Waals surface area contributed by atoms with Crippen molar-refractivity contribution in [1.82, 2.24) is 0 Å². The lowest BCUT2D eigenvalue weighted by atomic mass is 11.7. The van der Waals surface area contributed by atoms with Crippen LogP contribution in [-0.2, 0) is 4.79 Å². The van der Waals surface area contributed by atoms with Crippen LogP contribution in [0.4, 0.5) is 0 Å². The number of nitrogens with one attached hydrogen (secondary N) is 1. The van der Waals surface area contributed by atoms with Gasteiger partial charge in [-0.2, -0.15) is 0 Å². The van der Waals surface area contributed by atoms with E-state index in [0.29, 0.717) is 0 Å². The van der Waals surface area contributed by atoms with Gasteiger partial charge in [0.25, 0.3) is 0 Å². The second-order valence-electron chi connectivity index (χ2n) is 0.102. The van der Waals surface area contributed by atoms with Crippen LogP contribution < -0.4 is 0 Å². The van der Waals surface area contributed by atoms with E-state index in [0.717, 1.165) is 6.08 Å². The van der Waals surface area contributed by atoms with E-state index in [2.05, 4.69) is 0 Å². The highest BCUT2D eigenvalue weighted by Gasteiger charge is 1.03. The van der Waals surface area contributed by atoms with Crippen molar-refractivity contribution in [3.63, 3.8) is 0 Å². The fraction of sp³-hybridized carbons (Fsp3) is 0. The van der Waals surface area contributed by atoms with Gasteiger partial charge in [-0.3, -0.25) is 0 Å². The first-order valence-electron chi connectivity index (χ1n) is 0.454. The summed E-state index contributed by atoms with van der Waals surface area (Å²) < 4.78 is 0. The zero-order chi connectivity index (χ0) is 2.71. The van der Waals surface area contributed by atoms with Crippen LogP contribution >= 0.6 is 0 Å². The van der Waals surface area contributed by atoms with Crippen molar-refractivity contribution in [1.29, 1.82) is 5.41 Å². The summed E-state index contributed by atoms with van der Waals surface area (Å²) in [5, 5.41) is 5.40. The summed E-state index contributed by atoms with van der Waals surface area (Å²) in [5.41, 5.74) is 0. The molecule has 0 aromatic heterocycles. The minimum atomic E-state index is 0. The van der Waals surface area contributed by atoms with Crippen molar-refractivity contribution < 1.29 is 4.79 Å². The molecule has 0 heterocycles. The second kappa shape index (κ2) is 31.4. The van der Waals surface area contributed by atoms with Crippen LogP contribution in [0.1, 0.15) is 0 Å². The first-order valence-corrected chi connectivity index (χ1v) is 0.454. The molecule has 0 saturated carbocycles. The minimum absolute atomic E-state index is 0. The molecule has 3 radical (unpaired) electrons. The third-order valence-electron chi connectivity index (χ3n) is 0. The molecule has 0 aromatic carbocycles. The van der Waals surface area contributed by atoms with Crippen molar-refractivity contribution in [2.75, 3.05) is 0 Å². The maximum absolute atomic E-state index is 8.35. The van der Waals surface area contributed by atoms with E-state index in [1.807, 2.05) is 0 Å². The minimum Gasteiger partial charge on any atom is -0.222 e. The van der Waals surface area contributed by atoms with Gasteiger partial charge in [0.15, 0.2) is 0 Å². The van der Waals surface area contributed by atoms with Crippen LogP contribution in [0.5, 0.6) is 0 Å². The van der Waals surface area contributed by atoms with Gasteiger partial charge in [-0.1, -0.05) is 0 Å². The van der Waals surface area contributed by atoms with Crippen LogP contribution in [-0.4, -0.2) is 6.08 Å². The lowest BCUT2D eigenvalue weighted by Gasteiger charge is -1.02. The van der Waals surface area contributed by atoms with Gasteiger partial charge in [-0.25, -0.2) is 10.2 Å². The maximum atomic E-state index is 8.35. The van der Waals surface area contributed by atoms with Gasteiger partial charge in [0.2, 0.25) is 6.08 Å². The first kappa shape index (κ1) is 10.1. The summed E-state index contributed by atoms with van der Waals surface area (Å²) in [5.74, 6) is 0. The summed E-state index contributed by atoms with van der Waals surface area (Å²) in [6.07, 6.45) is 0.750. The first-order chi connectivity index (χ1) is 1.41. The average molecular weight is 56.0 g/mol. The van der Waals surface area contributed by atoms with Gasteiger partial charge in [-0.05, 0) is 7.43 Å². The SMILES string of the molecule is N=C=O.[CH]. The summed E-state index contributed by atoms with van der Waals surface area (Å²) in [4.78, 5) is 8.35. The number of rotatable bonds is 0. The van der Waals surface area contributed by atoms with Crippen LogP contribution in [0.25, 0.3) is 0 Å². The van der Waals surface area contributed by atoms with E-state index >= 15 is 0 Å². The lowest BCUT2D eigenvalue weighted by molar-refractivity contribution is 0.563. The summed E-state index contributed by atoms with van der Waals surface area (Å²) >= 11 is 0. The van der Waals surface area contributed by atoms with Gasteiger partial charge in [0.05, 0.1) is 0 Å². The Kier molecular flexibility index (Phi) is 78.9. The summed E-state index contributed by atoms with van der Waals surface area (Å²) in [6.45, 7) is 0. The Morgan fingerprint density at radius 3 is 1.75 bits per heavy atom. The fourth-order valence-electron chi connectivity index (χ4n) is 0. The Morgan fingerprint density at radius 2 is 1.75 bits per heavy atom. The van der Waals surface area contributed by atoms with E-state index < -0.39 is 0 Å². The highest BCUT2D eigenvalue weighted by molar-refractivity contribution is 5.26. The molecule has 0 aliphatic heterocycles. The van der Waals surface area contributed by atoms with Crippen LogP contribution in [0.3, 0.4) is 0 Å². The molecule has 0 aliphatic rings. The standard InChI is InChI=1S/CHNO.CH/c2-1-3;/h2H;1H. The smallest absolute Gasteiger partial charge is 0.222 e. The number of isocyanates is 1. The molecule has 0 rings (SSSR count). The van der Waals surface area contributed by atoms with Crippen LogP contribution in [0.2, 0.25) is 0 Å². The Balaban J connectivity index is 0. The Bertz CT molecular complexity index is 27.0. The lowest BCUT2D eigenvalue weighted by Crippen LogP contribution is -1.16. The topological polar surface area (TPSA) is 40.9 Å². The van der Waals surface area contributed by atoms with Crippen molar-refractivity contribution in [3.8, 4) is 0 Å². The van der Waals surface area contributed by atoms with E-state index in [9.17, 15) is 0 Å². The number of carbonyl (C=O) groups excluding carboxylic acids is 1. The second-order valence-corrected chi connectivity index (χ2v) is 0.102. The number of hydrogen-bond acceptors (Lipinski definition) is 2. The molecule has 1 N–H and O–H groups in total. The van der Waals surface area contributed by atoms with Crippen molar-refractivity contribution in [2.24, 2.45) is 0 Å². The Hall–Kier alpha value is -0.620. The normalized spacial score (nSPS) is 2.00. The van der Waals surface area contributed by atoms with Crippen LogP contribution in [0, 0.1) is 12.8 Å². The molecule has 2 heteroatoms. The summed E-state index contributed by atoms with van der Waals surface area (Å²) in [7, 11) is 0. The molecule has 2 nitrogen and oxygen atoms in total. The van der Waals surface area contributed by atoms with E-state index in [1.165, 1.54) is 0 Å². The van der Waals surface area contributed by atoms with Gasteiger partial charge in [-0.15, -0.1) is 0 Å². The highest BCUT2D eigenvalue weighted by Crippen LogP contribution is 0.868. The Labute approximate surface area is 25.0 Å². The third-order valence-corrected chi connectivity index (χ3v) is 0. The molecular weight excluding hydrogens is 54.0 g/mol. The average Bonchev–Trinajstić information content (AvgIpc) is 0.918. The predicted octanol–water partition coefficient (Wildman–Crippen LogP) is 0.105. The zero-order valence-electron chi connectivity index (χ0n) is 1.99.